The van der Waals surface area contributed by atoms with Gasteiger partial charge in [0.05, 0.1) is 11.8 Å². The number of carbonyl (C=O) groups excluding carboxylic acids is 1. The van der Waals surface area contributed by atoms with Crippen LogP contribution in [0.5, 0.6) is 0 Å². The van der Waals surface area contributed by atoms with Gasteiger partial charge in [-0.15, -0.1) is 0 Å². The summed E-state index contributed by atoms with van der Waals surface area (Å²) in [7, 11) is 0. The molecule has 3 aliphatic rings. The fraction of sp³-hybridized carbons (Fsp3) is 0.846. The smallest absolute Gasteiger partial charge is 0.307 e. The van der Waals surface area contributed by atoms with Gasteiger partial charge in [-0.1, -0.05) is 12.8 Å². The van der Waals surface area contributed by atoms with E-state index in [1.54, 1.807) is 0 Å². The lowest BCUT2D eigenvalue weighted by Gasteiger charge is -2.43. The number of amides is 1. The summed E-state index contributed by atoms with van der Waals surface area (Å²) >= 11 is 2.00. The highest BCUT2D eigenvalue weighted by atomic mass is 32.2. The average molecular weight is 269 g/mol. The molecular weight excluding hydrogens is 250 g/mol. The number of thioether (sulfide) groups is 1. The van der Waals surface area contributed by atoms with Crippen LogP contribution in [0.1, 0.15) is 32.1 Å². The second-order valence-electron chi connectivity index (χ2n) is 5.58. The van der Waals surface area contributed by atoms with Gasteiger partial charge in [0.1, 0.15) is 0 Å². The summed E-state index contributed by atoms with van der Waals surface area (Å²) < 4.78 is 0. The molecule has 3 rings (SSSR count). The van der Waals surface area contributed by atoms with E-state index < -0.39 is 11.9 Å². The molecular formula is C13H19NO3S. The zero-order chi connectivity index (χ0) is 12.7. The maximum Gasteiger partial charge on any atom is 0.307 e. The normalized spacial score (nSPS) is 39.0. The number of nitrogens with zero attached hydrogens (tertiary/aromatic N) is 1. The Morgan fingerprint density at radius 3 is 2.67 bits per heavy atom. The molecule has 2 aliphatic carbocycles. The monoisotopic (exact) mass is 269 g/mol. The van der Waals surface area contributed by atoms with Crippen molar-refractivity contribution in [2.45, 2.75) is 43.4 Å². The van der Waals surface area contributed by atoms with Crippen LogP contribution < -0.4 is 0 Å². The van der Waals surface area contributed by atoms with E-state index in [1.165, 1.54) is 19.3 Å². The van der Waals surface area contributed by atoms with Crippen LogP contribution in [0.25, 0.3) is 0 Å². The highest BCUT2D eigenvalue weighted by Crippen LogP contribution is 2.43. The average Bonchev–Trinajstić information content (AvgIpc) is 3.17. The van der Waals surface area contributed by atoms with Crippen molar-refractivity contribution in [3.05, 3.63) is 0 Å². The summed E-state index contributed by atoms with van der Waals surface area (Å²) in [6.45, 7) is 0.813. The van der Waals surface area contributed by atoms with E-state index in [1.807, 2.05) is 16.7 Å². The summed E-state index contributed by atoms with van der Waals surface area (Å²) in [4.78, 5) is 25.3. The van der Waals surface area contributed by atoms with Crippen molar-refractivity contribution in [1.82, 2.24) is 4.90 Å². The number of aliphatic carboxylic acids is 1. The Bertz CT molecular complexity index is 371. The number of carboxylic acid groups (broad SMARTS) is 1. The number of rotatable bonds is 2. The lowest BCUT2D eigenvalue weighted by atomic mass is 9.93. The summed E-state index contributed by atoms with van der Waals surface area (Å²) in [5.74, 6) is -0.320. The first kappa shape index (κ1) is 12.3. The Labute approximate surface area is 111 Å². The van der Waals surface area contributed by atoms with E-state index in [-0.39, 0.29) is 11.8 Å². The molecule has 4 unspecified atom stereocenters. The van der Waals surface area contributed by atoms with Gasteiger partial charge >= 0.3 is 5.97 Å². The number of hydrogen-bond acceptors (Lipinski definition) is 3. The molecule has 100 valence electrons. The molecule has 0 aromatic rings. The van der Waals surface area contributed by atoms with E-state index in [0.29, 0.717) is 17.7 Å². The molecule has 1 heterocycles. The molecule has 1 aliphatic heterocycles. The largest absolute Gasteiger partial charge is 0.481 e. The van der Waals surface area contributed by atoms with Crippen molar-refractivity contribution < 1.29 is 14.7 Å². The minimum absolute atomic E-state index is 0.111. The van der Waals surface area contributed by atoms with Crippen LogP contribution >= 0.6 is 11.8 Å². The fourth-order valence-corrected chi connectivity index (χ4v) is 4.77. The maximum absolute atomic E-state index is 12.4. The highest BCUT2D eigenvalue weighted by molar-refractivity contribution is 8.00. The minimum atomic E-state index is -0.806. The van der Waals surface area contributed by atoms with Crippen molar-refractivity contribution >= 4 is 23.6 Å². The molecule has 0 bridgehead atoms. The van der Waals surface area contributed by atoms with Gasteiger partial charge in [0.25, 0.3) is 0 Å². The molecule has 0 spiro atoms. The standard InChI is InChI=1S/C13H19NO3S/c15-12(8-7-9(8)13(16)17)14-5-6-18-11-4-2-1-3-10(11)14/h8-11H,1-7H2,(H,16,17). The zero-order valence-electron chi connectivity index (χ0n) is 10.4. The molecule has 18 heavy (non-hydrogen) atoms. The molecule has 4 atom stereocenters. The minimum Gasteiger partial charge on any atom is -0.481 e. The number of carbonyl (C=O) groups is 2. The van der Waals surface area contributed by atoms with E-state index in [9.17, 15) is 9.59 Å². The molecule has 2 saturated carbocycles. The molecule has 0 aromatic carbocycles. The Balaban J connectivity index is 1.67. The first-order chi connectivity index (χ1) is 8.68. The number of fused-ring (bicyclic) bond motifs is 1. The predicted molar refractivity (Wildman–Crippen MR) is 69.4 cm³/mol. The van der Waals surface area contributed by atoms with E-state index in [2.05, 4.69) is 0 Å². The predicted octanol–water partition coefficient (Wildman–Crippen LogP) is 1.59. The van der Waals surface area contributed by atoms with Gasteiger partial charge in [-0.05, 0) is 19.3 Å². The second kappa shape index (κ2) is 4.76. The van der Waals surface area contributed by atoms with Crippen LogP contribution in [0.2, 0.25) is 0 Å². The second-order valence-corrected chi connectivity index (χ2v) is 6.93. The zero-order valence-corrected chi connectivity index (χ0v) is 11.2. The third kappa shape index (κ3) is 2.13. The summed E-state index contributed by atoms with van der Waals surface area (Å²) in [5.41, 5.74) is 0. The van der Waals surface area contributed by atoms with Crippen molar-refractivity contribution in [2.24, 2.45) is 11.8 Å². The van der Waals surface area contributed by atoms with Crippen LogP contribution in [0.15, 0.2) is 0 Å². The summed E-state index contributed by atoms with van der Waals surface area (Å²) in [5, 5.41) is 9.52. The van der Waals surface area contributed by atoms with Crippen molar-refractivity contribution in [3.63, 3.8) is 0 Å². The van der Waals surface area contributed by atoms with Gasteiger partial charge in [0.15, 0.2) is 0 Å². The summed E-state index contributed by atoms with van der Waals surface area (Å²) in [6.07, 6.45) is 5.35. The third-order valence-electron chi connectivity index (χ3n) is 4.44. The molecule has 0 radical (unpaired) electrons. The molecule has 5 heteroatoms. The maximum atomic E-state index is 12.4. The lowest BCUT2D eigenvalue weighted by Crippen LogP contribution is -2.52. The van der Waals surface area contributed by atoms with Crippen LogP contribution in [0.3, 0.4) is 0 Å². The molecule has 1 N–H and O–H groups in total. The number of hydrogen-bond donors (Lipinski definition) is 1. The van der Waals surface area contributed by atoms with E-state index in [4.69, 9.17) is 5.11 Å². The van der Waals surface area contributed by atoms with Crippen molar-refractivity contribution in [2.75, 3.05) is 12.3 Å². The van der Waals surface area contributed by atoms with Gasteiger partial charge < -0.3 is 10.0 Å². The Hall–Kier alpha value is -0.710. The van der Waals surface area contributed by atoms with Crippen LogP contribution in [0, 0.1) is 11.8 Å². The lowest BCUT2D eigenvalue weighted by molar-refractivity contribution is -0.142. The van der Waals surface area contributed by atoms with Gasteiger partial charge in [-0.3, -0.25) is 9.59 Å². The van der Waals surface area contributed by atoms with Crippen molar-refractivity contribution in [1.29, 1.82) is 0 Å². The highest BCUT2D eigenvalue weighted by Gasteiger charge is 2.51. The van der Waals surface area contributed by atoms with Crippen LogP contribution in [0.4, 0.5) is 0 Å². The third-order valence-corrected chi connectivity index (χ3v) is 5.84. The molecule has 3 fully saturated rings. The van der Waals surface area contributed by atoms with Gasteiger partial charge in [0, 0.05) is 23.6 Å². The fourth-order valence-electron chi connectivity index (χ4n) is 3.32. The Kier molecular flexibility index (Phi) is 3.26. The molecule has 4 nitrogen and oxygen atoms in total. The van der Waals surface area contributed by atoms with Gasteiger partial charge in [0.2, 0.25) is 5.91 Å². The quantitative estimate of drug-likeness (QED) is 0.827. The molecule has 0 aromatic heterocycles. The van der Waals surface area contributed by atoms with E-state index >= 15 is 0 Å². The van der Waals surface area contributed by atoms with Crippen molar-refractivity contribution in [3.8, 4) is 0 Å². The first-order valence-electron chi connectivity index (χ1n) is 6.83. The molecule has 1 amide bonds. The van der Waals surface area contributed by atoms with Crippen LogP contribution in [-0.2, 0) is 9.59 Å². The van der Waals surface area contributed by atoms with Gasteiger partial charge in [-0.2, -0.15) is 11.8 Å². The van der Waals surface area contributed by atoms with Crippen LogP contribution in [-0.4, -0.2) is 45.5 Å². The SMILES string of the molecule is O=C(O)C1CC1C(=O)N1CCSC2CCCCC21. The Morgan fingerprint density at radius 2 is 1.94 bits per heavy atom. The summed E-state index contributed by atoms with van der Waals surface area (Å²) in [6, 6.07) is 0.375. The first-order valence-corrected chi connectivity index (χ1v) is 7.88. The topological polar surface area (TPSA) is 57.6 Å². The Morgan fingerprint density at radius 1 is 1.17 bits per heavy atom. The molecule has 1 saturated heterocycles. The number of carboxylic acids is 1. The van der Waals surface area contributed by atoms with E-state index in [0.717, 1.165) is 18.7 Å². The van der Waals surface area contributed by atoms with Gasteiger partial charge in [-0.25, -0.2) is 0 Å².